The molecule has 3 heterocycles. The van der Waals surface area contributed by atoms with Gasteiger partial charge in [0.15, 0.2) is 29.4 Å². The van der Waals surface area contributed by atoms with Gasteiger partial charge in [-0.2, -0.15) is 9.97 Å². The summed E-state index contributed by atoms with van der Waals surface area (Å²) >= 11 is 2.25. The molecular weight excluding hydrogens is 533 g/mol. The minimum Gasteiger partial charge on any atom is -0.387 e. The number of ether oxygens (including phenoxy) is 1. The number of anilines is 2. The second-order valence-electron chi connectivity index (χ2n) is 7.16. The highest BCUT2D eigenvalue weighted by atomic mass is 127. The van der Waals surface area contributed by atoms with Crippen LogP contribution in [0.3, 0.4) is 0 Å². The average Bonchev–Trinajstić information content (AvgIpc) is 3.33. The minimum absolute atomic E-state index is 0.283. The number of carbonyl (C=O) groups is 1. The van der Waals surface area contributed by atoms with Crippen LogP contribution in [0.25, 0.3) is 11.2 Å². The lowest BCUT2D eigenvalue weighted by Crippen LogP contribution is -2.46. The number of aromatic nitrogens is 4. The van der Waals surface area contributed by atoms with E-state index in [1.165, 1.54) is 10.9 Å². The van der Waals surface area contributed by atoms with E-state index < -0.39 is 30.8 Å². The normalized spacial score (nSPS) is 23.8. The summed E-state index contributed by atoms with van der Waals surface area (Å²) < 4.78 is 8.23. The molecular formula is C19H22IN7O5. The largest absolute Gasteiger partial charge is 0.387 e. The summed E-state index contributed by atoms with van der Waals surface area (Å²) in [5, 5.41) is 39.1. The molecule has 0 aliphatic carbocycles. The zero-order chi connectivity index (χ0) is 22.8. The molecule has 1 saturated heterocycles. The Labute approximate surface area is 196 Å². The standard InChI is InChI=1S/C19H22IN7O5/c1-21-19-25-15(22-6-9-3-2-4-10(20)5-9)11-16(26-19)27(7-23-11)18-13(30)12(29)14(32-18)17(31)24-8-28/h2-5,7-8,12-14,17-18,29-31H,6H2,1H3,(H,24,28)(H2,21,22,25,26)/t12-,13+,14-,17?,18?/m0/s1. The van der Waals surface area contributed by atoms with E-state index in [9.17, 15) is 20.1 Å². The first-order chi connectivity index (χ1) is 15.4. The molecule has 1 aliphatic rings. The van der Waals surface area contributed by atoms with E-state index >= 15 is 0 Å². The monoisotopic (exact) mass is 555 g/mol. The van der Waals surface area contributed by atoms with Crippen LogP contribution in [0.2, 0.25) is 0 Å². The smallest absolute Gasteiger partial charge is 0.226 e. The maximum absolute atomic E-state index is 10.6. The third-order valence-corrected chi connectivity index (χ3v) is 5.76. The second kappa shape index (κ2) is 9.50. The molecule has 5 atom stereocenters. The fraction of sp³-hybridized carbons (Fsp3) is 0.368. The molecule has 0 radical (unpaired) electrons. The Kier molecular flexibility index (Phi) is 6.71. The first-order valence-electron chi connectivity index (χ1n) is 9.73. The molecule has 1 aromatic carbocycles. The molecule has 3 aromatic rings. The quantitative estimate of drug-likeness (QED) is 0.124. The van der Waals surface area contributed by atoms with Crippen molar-refractivity contribution in [3.63, 3.8) is 0 Å². The van der Waals surface area contributed by atoms with E-state index in [1.54, 1.807) is 7.05 Å². The molecule has 32 heavy (non-hydrogen) atoms. The van der Waals surface area contributed by atoms with Crippen LogP contribution in [-0.2, 0) is 16.1 Å². The number of carbonyl (C=O) groups excluding carboxylic acids is 1. The van der Waals surface area contributed by atoms with Crippen molar-refractivity contribution >= 4 is 51.9 Å². The van der Waals surface area contributed by atoms with Crippen LogP contribution in [0.4, 0.5) is 11.8 Å². The minimum atomic E-state index is -1.50. The van der Waals surface area contributed by atoms with Gasteiger partial charge in [-0.05, 0) is 40.3 Å². The number of aliphatic hydroxyl groups excluding tert-OH is 3. The number of nitrogens with zero attached hydrogens (tertiary/aromatic N) is 4. The van der Waals surface area contributed by atoms with E-state index in [0.717, 1.165) is 9.13 Å². The molecule has 1 fully saturated rings. The topological polar surface area (TPSA) is 167 Å². The van der Waals surface area contributed by atoms with Crippen LogP contribution in [0.5, 0.6) is 0 Å². The Morgan fingerprint density at radius 1 is 1.31 bits per heavy atom. The molecule has 2 unspecified atom stereocenters. The number of amides is 1. The van der Waals surface area contributed by atoms with Crippen molar-refractivity contribution in [1.82, 2.24) is 24.8 Å². The van der Waals surface area contributed by atoms with Gasteiger partial charge in [0.05, 0.1) is 6.33 Å². The van der Waals surface area contributed by atoms with Crippen LogP contribution >= 0.6 is 22.6 Å². The summed E-state index contributed by atoms with van der Waals surface area (Å²) in [5.41, 5.74) is 1.85. The van der Waals surface area contributed by atoms with Crippen molar-refractivity contribution in [2.24, 2.45) is 0 Å². The maximum atomic E-state index is 10.6. The van der Waals surface area contributed by atoms with Gasteiger partial charge >= 0.3 is 0 Å². The number of nitrogens with one attached hydrogen (secondary N) is 3. The molecule has 0 bridgehead atoms. The summed E-state index contributed by atoms with van der Waals surface area (Å²) in [5.74, 6) is 0.792. The summed E-state index contributed by atoms with van der Waals surface area (Å²) in [6, 6.07) is 8.01. The molecule has 0 spiro atoms. The van der Waals surface area contributed by atoms with Crippen molar-refractivity contribution in [3.05, 3.63) is 39.7 Å². The Morgan fingerprint density at radius 2 is 2.12 bits per heavy atom. The van der Waals surface area contributed by atoms with E-state index in [0.29, 0.717) is 29.5 Å². The van der Waals surface area contributed by atoms with Crippen molar-refractivity contribution in [3.8, 4) is 0 Å². The number of hydrogen-bond donors (Lipinski definition) is 6. The van der Waals surface area contributed by atoms with Crippen LogP contribution in [-0.4, -0.2) is 72.8 Å². The van der Waals surface area contributed by atoms with E-state index in [2.05, 4.69) is 53.5 Å². The second-order valence-corrected chi connectivity index (χ2v) is 8.40. The number of imidazole rings is 1. The Balaban J connectivity index is 1.65. The molecule has 2 aromatic heterocycles. The number of aliphatic hydroxyl groups is 3. The highest BCUT2D eigenvalue weighted by molar-refractivity contribution is 14.1. The first-order valence-corrected chi connectivity index (χ1v) is 10.8. The number of rotatable bonds is 8. The molecule has 1 aliphatic heterocycles. The zero-order valence-corrected chi connectivity index (χ0v) is 19.0. The van der Waals surface area contributed by atoms with Crippen LogP contribution in [0, 0.1) is 3.57 Å². The molecule has 4 rings (SSSR count). The van der Waals surface area contributed by atoms with E-state index in [-0.39, 0.29) is 6.41 Å². The van der Waals surface area contributed by atoms with Gasteiger partial charge in [0.1, 0.15) is 18.3 Å². The highest BCUT2D eigenvalue weighted by Crippen LogP contribution is 2.33. The van der Waals surface area contributed by atoms with E-state index in [1.807, 2.05) is 24.3 Å². The number of hydrogen-bond acceptors (Lipinski definition) is 10. The molecule has 12 nitrogen and oxygen atoms in total. The van der Waals surface area contributed by atoms with Gasteiger partial charge in [-0.15, -0.1) is 0 Å². The van der Waals surface area contributed by atoms with E-state index in [4.69, 9.17) is 4.74 Å². The van der Waals surface area contributed by atoms with Gasteiger partial charge in [-0.25, -0.2) is 4.98 Å². The zero-order valence-electron chi connectivity index (χ0n) is 16.9. The molecule has 170 valence electrons. The summed E-state index contributed by atoms with van der Waals surface area (Å²) in [6.45, 7) is 0.506. The molecule has 6 N–H and O–H groups in total. The van der Waals surface area contributed by atoms with Gasteiger partial charge in [0.25, 0.3) is 0 Å². The Morgan fingerprint density at radius 3 is 2.84 bits per heavy atom. The van der Waals surface area contributed by atoms with Crippen molar-refractivity contribution in [1.29, 1.82) is 0 Å². The summed E-state index contributed by atoms with van der Waals surface area (Å²) in [7, 11) is 1.67. The van der Waals surface area contributed by atoms with Gasteiger partial charge in [-0.3, -0.25) is 9.36 Å². The fourth-order valence-electron chi connectivity index (χ4n) is 3.51. The summed E-state index contributed by atoms with van der Waals surface area (Å²) in [4.78, 5) is 23.9. The molecule has 0 saturated carbocycles. The average molecular weight is 555 g/mol. The lowest BCUT2D eigenvalue weighted by Gasteiger charge is -2.20. The lowest BCUT2D eigenvalue weighted by molar-refractivity contribution is -0.122. The van der Waals surface area contributed by atoms with Gasteiger partial charge < -0.3 is 36.0 Å². The van der Waals surface area contributed by atoms with Crippen molar-refractivity contribution in [2.75, 3.05) is 17.7 Å². The molecule has 1 amide bonds. The first kappa shape index (κ1) is 22.6. The Hall–Kier alpha value is -2.59. The third-order valence-electron chi connectivity index (χ3n) is 5.09. The van der Waals surface area contributed by atoms with Crippen molar-refractivity contribution < 1.29 is 24.9 Å². The molecule has 13 heteroatoms. The van der Waals surface area contributed by atoms with Crippen LogP contribution in [0.15, 0.2) is 30.6 Å². The van der Waals surface area contributed by atoms with Gasteiger partial charge in [0.2, 0.25) is 12.4 Å². The fourth-order valence-corrected chi connectivity index (χ4v) is 4.12. The van der Waals surface area contributed by atoms with Gasteiger partial charge in [0, 0.05) is 17.2 Å². The number of fused-ring (bicyclic) bond motifs is 1. The van der Waals surface area contributed by atoms with Crippen molar-refractivity contribution in [2.45, 2.75) is 37.3 Å². The lowest BCUT2D eigenvalue weighted by atomic mass is 10.1. The highest BCUT2D eigenvalue weighted by Gasteiger charge is 2.47. The summed E-state index contributed by atoms with van der Waals surface area (Å²) in [6.07, 6.45) is -4.96. The third kappa shape index (κ3) is 4.33. The van der Waals surface area contributed by atoms with Crippen LogP contribution in [0.1, 0.15) is 11.8 Å². The van der Waals surface area contributed by atoms with Gasteiger partial charge in [-0.1, -0.05) is 12.1 Å². The number of halogens is 1. The number of benzene rings is 1. The maximum Gasteiger partial charge on any atom is 0.226 e. The Bertz CT molecular complexity index is 1110. The SMILES string of the molecule is CNc1nc(NCc2cccc(I)c2)c2ncn(C3O[C@H](C(O)NC=O)[C@@H](O)[C@H]3O)c2n1. The predicted molar refractivity (Wildman–Crippen MR) is 122 cm³/mol. The predicted octanol–water partition coefficient (Wildman–Crippen LogP) is -0.232. The van der Waals surface area contributed by atoms with Crippen LogP contribution < -0.4 is 16.0 Å².